The Hall–Kier alpha value is -3.28. The fraction of sp³-hybridized carbons (Fsp3) is 0.360. The Balaban J connectivity index is 1.51. The Morgan fingerprint density at radius 1 is 1.19 bits per heavy atom. The maximum atomic E-state index is 12.1. The molecule has 3 aromatic rings. The van der Waals surface area contributed by atoms with Crippen LogP contribution in [0.3, 0.4) is 0 Å². The average molecular weight is 417 g/mol. The molecule has 160 valence electrons. The zero-order valence-corrected chi connectivity index (χ0v) is 18.3. The van der Waals surface area contributed by atoms with Crippen molar-refractivity contribution in [1.82, 2.24) is 15.0 Å². The summed E-state index contributed by atoms with van der Waals surface area (Å²) in [6.45, 7) is 1.99. The minimum Gasteiger partial charge on any atom is -0.465 e. The Bertz CT molecular complexity index is 1070. The Labute approximate surface area is 183 Å². The van der Waals surface area contributed by atoms with Crippen LogP contribution in [0.15, 0.2) is 49.1 Å². The topological polar surface area (TPSA) is 68.2 Å². The molecule has 2 heterocycles. The van der Waals surface area contributed by atoms with Crippen LogP contribution in [0.2, 0.25) is 0 Å². The first-order valence-corrected chi connectivity index (χ1v) is 10.7. The number of ether oxygens (including phenoxy) is 1. The van der Waals surface area contributed by atoms with Gasteiger partial charge in [-0.3, -0.25) is 4.98 Å². The highest BCUT2D eigenvalue weighted by Crippen LogP contribution is 2.37. The summed E-state index contributed by atoms with van der Waals surface area (Å²) in [6.07, 6.45) is 12.3. The van der Waals surface area contributed by atoms with Gasteiger partial charge >= 0.3 is 5.97 Å². The molecule has 0 N–H and O–H groups in total. The van der Waals surface area contributed by atoms with Crippen molar-refractivity contribution < 1.29 is 9.53 Å². The monoisotopic (exact) mass is 416 g/mol. The van der Waals surface area contributed by atoms with Gasteiger partial charge in [-0.15, -0.1) is 0 Å². The van der Waals surface area contributed by atoms with Crippen molar-refractivity contribution in [1.29, 1.82) is 0 Å². The van der Waals surface area contributed by atoms with Crippen LogP contribution in [0.5, 0.6) is 0 Å². The van der Waals surface area contributed by atoms with Crippen LogP contribution in [-0.2, 0) is 17.6 Å². The zero-order valence-electron chi connectivity index (χ0n) is 18.3. The molecular weight excluding hydrogens is 388 g/mol. The summed E-state index contributed by atoms with van der Waals surface area (Å²) >= 11 is 0. The standard InChI is InChI=1S/C25H28N4O2/c1-17-14-27-25(28-15-17)29(2)21-9-10-22-18(5-4-6-19(22)13-21)7-8-20-16-26-12-11-23(20)24(30)31-3/h9-16,18H,4-8H2,1-3H3/t18-/m0/s1. The smallest absolute Gasteiger partial charge is 0.338 e. The second-order valence-corrected chi connectivity index (χ2v) is 8.15. The zero-order chi connectivity index (χ0) is 21.8. The van der Waals surface area contributed by atoms with E-state index in [9.17, 15) is 4.79 Å². The molecule has 0 fully saturated rings. The summed E-state index contributed by atoms with van der Waals surface area (Å²) < 4.78 is 4.92. The number of nitrogens with zero attached hydrogens (tertiary/aromatic N) is 4. The molecular formula is C25H28N4O2. The van der Waals surface area contributed by atoms with Crippen molar-refractivity contribution in [2.45, 2.75) is 44.9 Å². The molecule has 4 rings (SSSR count). The number of esters is 1. The minimum atomic E-state index is -0.299. The van der Waals surface area contributed by atoms with E-state index in [4.69, 9.17) is 4.74 Å². The molecule has 6 heteroatoms. The molecule has 1 atom stereocenters. The Morgan fingerprint density at radius 2 is 2.00 bits per heavy atom. The van der Waals surface area contributed by atoms with E-state index < -0.39 is 0 Å². The van der Waals surface area contributed by atoms with Gasteiger partial charge in [0, 0.05) is 37.5 Å². The van der Waals surface area contributed by atoms with Crippen LogP contribution >= 0.6 is 0 Å². The van der Waals surface area contributed by atoms with Crippen molar-refractivity contribution in [3.05, 3.63) is 76.9 Å². The summed E-state index contributed by atoms with van der Waals surface area (Å²) in [5.41, 5.74) is 6.53. The van der Waals surface area contributed by atoms with E-state index in [2.05, 4.69) is 33.2 Å². The molecule has 0 radical (unpaired) electrons. The summed E-state index contributed by atoms with van der Waals surface area (Å²) in [5.74, 6) is 0.877. The molecule has 1 aromatic carbocycles. The molecule has 0 aliphatic heterocycles. The second kappa shape index (κ2) is 9.25. The van der Waals surface area contributed by atoms with Crippen LogP contribution in [0.4, 0.5) is 11.6 Å². The first-order chi connectivity index (χ1) is 15.1. The Kier molecular flexibility index (Phi) is 6.26. The minimum absolute atomic E-state index is 0.299. The Morgan fingerprint density at radius 3 is 2.77 bits per heavy atom. The summed E-state index contributed by atoms with van der Waals surface area (Å²) in [5, 5.41) is 0. The normalized spacial score (nSPS) is 15.3. The highest BCUT2D eigenvalue weighted by molar-refractivity contribution is 5.90. The van der Waals surface area contributed by atoms with Crippen LogP contribution in [0.25, 0.3) is 0 Å². The predicted octanol–water partition coefficient (Wildman–Crippen LogP) is 4.79. The van der Waals surface area contributed by atoms with Gasteiger partial charge in [0.15, 0.2) is 0 Å². The fourth-order valence-electron chi connectivity index (χ4n) is 4.35. The number of aryl methyl sites for hydroxylation is 3. The number of methoxy groups -OCH3 is 1. The summed E-state index contributed by atoms with van der Waals surface area (Å²) in [4.78, 5) is 27.2. The van der Waals surface area contributed by atoms with Gasteiger partial charge in [-0.25, -0.2) is 14.8 Å². The lowest BCUT2D eigenvalue weighted by Crippen LogP contribution is -2.16. The van der Waals surface area contributed by atoms with E-state index >= 15 is 0 Å². The molecule has 0 saturated carbocycles. The first kappa shape index (κ1) is 21.0. The number of carbonyl (C=O) groups is 1. The third kappa shape index (κ3) is 4.58. The van der Waals surface area contributed by atoms with Crippen molar-refractivity contribution in [2.75, 3.05) is 19.1 Å². The highest BCUT2D eigenvalue weighted by atomic mass is 16.5. The van der Waals surface area contributed by atoms with Crippen molar-refractivity contribution >= 4 is 17.6 Å². The summed E-state index contributed by atoms with van der Waals surface area (Å²) in [7, 11) is 3.42. The van der Waals surface area contributed by atoms with E-state index in [1.807, 2.05) is 31.3 Å². The molecule has 0 spiro atoms. The lowest BCUT2D eigenvalue weighted by atomic mass is 9.79. The highest BCUT2D eigenvalue weighted by Gasteiger charge is 2.22. The van der Waals surface area contributed by atoms with Gasteiger partial charge in [0.05, 0.1) is 12.7 Å². The average Bonchev–Trinajstić information content (AvgIpc) is 2.82. The van der Waals surface area contributed by atoms with Crippen LogP contribution in [0, 0.1) is 6.92 Å². The van der Waals surface area contributed by atoms with Crippen LogP contribution in [-0.4, -0.2) is 35.1 Å². The number of aromatic nitrogens is 3. The van der Waals surface area contributed by atoms with Gasteiger partial charge in [-0.2, -0.15) is 0 Å². The molecule has 0 unspecified atom stereocenters. The largest absolute Gasteiger partial charge is 0.465 e. The van der Waals surface area contributed by atoms with E-state index in [0.717, 1.165) is 42.5 Å². The number of hydrogen-bond acceptors (Lipinski definition) is 6. The molecule has 0 amide bonds. The maximum Gasteiger partial charge on any atom is 0.338 e. The first-order valence-electron chi connectivity index (χ1n) is 10.7. The maximum absolute atomic E-state index is 12.1. The van der Waals surface area contributed by atoms with Crippen molar-refractivity contribution in [2.24, 2.45) is 0 Å². The fourth-order valence-corrected chi connectivity index (χ4v) is 4.35. The van der Waals surface area contributed by atoms with Crippen LogP contribution < -0.4 is 4.90 Å². The van der Waals surface area contributed by atoms with Gasteiger partial charge in [-0.05, 0) is 85.4 Å². The predicted molar refractivity (Wildman–Crippen MR) is 121 cm³/mol. The number of benzene rings is 1. The van der Waals surface area contributed by atoms with E-state index in [1.165, 1.54) is 24.7 Å². The van der Waals surface area contributed by atoms with Gasteiger partial charge in [-0.1, -0.05) is 6.07 Å². The molecule has 31 heavy (non-hydrogen) atoms. The third-order valence-electron chi connectivity index (χ3n) is 6.09. The van der Waals surface area contributed by atoms with Crippen LogP contribution in [0.1, 0.15) is 57.8 Å². The number of carbonyl (C=O) groups excluding carboxylic acids is 1. The molecule has 1 aliphatic rings. The van der Waals surface area contributed by atoms with Crippen molar-refractivity contribution in [3.8, 4) is 0 Å². The second-order valence-electron chi connectivity index (χ2n) is 8.15. The van der Waals surface area contributed by atoms with E-state index in [0.29, 0.717) is 17.4 Å². The van der Waals surface area contributed by atoms with Gasteiger partial charge in [0.25, 0.3) is 0 Å². The number of fused-ring (bicyclic) bond motifs is 1. The molecule has 2 aromatic heterocycles. The van der Waals surface area contributed by atoms with E-state index in [-0.39, 0.29) is 5.97 Å². The molecule has 1 aliphatic carbocycles. The number of anilines is 2. The lowest BCUT2D eigenvalue weighted by Gasteiger charge is -2.27. The number of pyridine rings is 1. The molecule has 0 saturated heterocycles. The number of hydrogen-bond donors (Lipinski definition) is 0. The van der Waals surface area contributed by atoms with E-state index in [1.54, 1.807) is 18.5 Å². The summed E-state index contributed by atoms with van der Waals surface area (Å²) in [6, 6.07) is 8.42. The van der Waals surface area contributed by atoms with Crippen molar-refractivity contribution in [3.63, 3.8) is 0 Å². The molecule has 6 nitrogen and oxygen atoms in total. The van der Waals surface area contributed by atoms with Gasteiger partial charge in [0.1, 0.15) is 0 Å². The molecule has 0 bridgehead atoms. The number of rotatable bonds is 6. The quantitative estimate of drug-likeness (QED) is 0.538. The lowest BCUT2D eigenvalue weighted by molar-refractivity contribution is 0.0599. The third-order valence-corrected chi connectivity index (χ3v) is 6.09. The SMILES string of the molecule is COC(=O)c1ccncc1CC[C@@H]1CCCc2cc(N(C)c3ncc(C)cn3)ccc21. The van der Waals surface area contributed by atoms with Gasteiger partial charge < -0.3 is 9.64 Å². The van der Waals surface area contributed by atoms with Gasteiger partial charge in [0.2, 0.25) is 5.95 Å².